The van der Waals surface area contributed by atoms with E-state index in [1.165, 1.54) is 6.07 Å². The second kappa shape index (κ2) is 12.6. The Kier molecular flexibility index (Phi) is 10.2. The van der Waals surface area contributed by atoms with E-state index in [2.05, 4.69) is 42.8 Å². The van der Waals surface area contributed by atoms with Crippen LogP contribution in [0.2, 0.25) is 0 Å². The van der Waals surface area contributed by atoms with Crippen LogP contribution in [0.3, 0.4) is 0 Å². The third kappa shape index (κ3) is 8.11. The Hall–Kier alpha value is -2.18. The van der Waals surface area contributed by atoms with Crippen molar-refractivity contribution in [1.29, 1.82) is 0 Å². The average Bonchev–Trinajstić information content (AvgIpc) is 3.21. The van der Waals surface area contributed by atoms with Crippen LogP contribution in [0, 0.1) is 5.82 Å². The normalized spacial score (nSPS) is 12.7. The van der Waals surface area contributed by atoms with Crippen LogP contribution in [0.25, 0.3) is 0 Å². The standard InChI is InChI=1S/C25H38FN3O2/c1-6-28(7-2)16-10-11-20(5)27-25(30)24-15-14-22(31-24)18-29(19(3)4)17-21-12-8-9-13-23(21)26/h8-9,12-15,19-20H,6-7,10-11,16-18H2,1-5H3,(H,27,30). The summed E-state index contributed by atoms with van der Waals surface area (Å²) in [6.45, 7) is 14.6. The summed E-state index contributed by atoms with van der Waals surface area (Å²) in [6, 6.07) is 10.7. The molecule has 172 valence electrons. The quantitative estimate of drug-likeness (QED) is 0.481. The number of benzene rings is 1. The minimum absolute atomic E-state index is 0.0878. The van der Waals surface area contributed by atoms with Crippen LogP contribution in [0.5, 0.6) is 0 Å². The number of rotatable bonds is 13. The zero-order valence-electron chi connectivity index (χ0n) is 19.7. The molecule has 1 amide bonds. The minimum atomic E-state index is -0.206. The number of carbonyl (C=O) groups excluding carboxylic acids is 1. The SMILES string of the molecule is CCN(CC)CCCC(C)NC(=O)c1ccc(CN(Cc2ccccc2F)C(C)C)o1. The fraction of sp³-hybridized carbons (Fsp3) is 0.560. The Balaban J connectivity index is 1.89. The zero-order valence-corrected chi connectivity index (χ0v) is 19.7. The maximum Gasteiger partial charge on any atom is 0.287 e. The first kappa shape index (κ1) is 25.1. The predicted octanol–water partition coefficient (Wildman–Crippen LogP) is 5.07. The number of amides is 1. The smallest absolute Gasteiger partial charge is 0.287 e. The predicted molar refractivity (Wildman–Crippen MR) is 123 cm³/mol. The molecule has 1 heterocycles. The van der Waals surface area contributed by atoms with E-state index in [9.17, 15) is 9.18 Å². The topological polar surface area (TPSA) is 48.7 Å². The lowest BCUT2D eigenvalue weighted by atomic mass is 10.1. The highest BCUT2D eigenvalue weighted by atomic mass is 19.1. The summed E-state index contributed by atoms with van der Waals surface area (Å²) in [6.07, 6.45) is 1.98. The number of hydrogen-bond acceptors (Lipinski definition) is 4. The van der Waals surface area contributed by atoms with Gasteiger partial charge in [-0.05, 0) is 71.4 Å². The maximum atomic E-state index is 14.1. The lowest BCUT2D eigenvalue weighted by molar-refractivity contribution is 0.0903. The number of halogens is 1. The van der Waals surface area contributed by atoms with E-state index in [1.807, 2.05) is 19.1 Å². The van der Waals surface area contributed by atoms with Crippen molar-refractivity contribution in [2.24, 2.45) is 0 Å². The molecular weight excluding hydrogens is 393 g/mol. The zero-order chi connectivity index (χ0) is 22.8. The molecule has 0 bridgehead atoms. The van der Waals surface area contributed by atoms with Crippen LogP contribution in [-0.2, 0) is 13.1 Å². The minimum Gasteiger partial charge on any atom is -0.455 e. The van der Waals surface area contributed by atoms with Gasteiger partial charge < -0.3 is 14.6 Å². The Morgan fingerprint density at radius 2 is 1.77 bits per heavy atom. The number of hydrogen-bond donors (Lipinski definition) is 1. The molecule has 31 heavy (non-hydrogen) atoms. The van der Waals surface area contributed by atoms with Crippen molar-refractivity contribution >= 4 is 5.91 Å². The molecule has 0 aliphatic carbocycles. The van der Waals surface area contributed by atoms with Crippen molar-refractivity contribution < 1.29 is 13.6 Å². The summed E-state index contributed by atoms with van der Waals surface area (Å²) >= 11 is 0. The van der Waals surface area contributed by atoms with Crippen molar-refractivity contribution in [3.8, 4) is 0 Å². The highest BCUT2D eigenvalue weighted by Crippen LogP contribution is 2.17. The molecule has 0 radical (unpaired) electrons. The molecule has 0 fully saturated rings. The van der Waals surface area contributed by atoms with E-state index >= 15 is 0 Å². The van der Waals surface area contributed by atoms with Crippen LogP contribution in [0.15, 0.2) is 40.8 Å². The molecule has 5 nitrogen and oxygen atoms in total. The number of furan rings is 1. The highest BCUT2D eigenvalue weighted by Gasteiger charge is 2.18. The summed E-state index contributed by atoms with van der Waals surface area (Å²) in [5, 5.41) is 3.03. The molecule has 0 saturated carbocycles. The van der Waals surface area contributed by atoms with Crippen LogP contribution in [0.4, 0.5) is 4.39 Å². The van der Waals surface area contributed by atoms with Gasteiger partial charge in [0, 0.05) is 24.2 Å². The second-order valence-corrected chi connectivity index (χ2v) is 8.40. The molecule has 2 rings (SSSR count). The fourth-order valence-corrected chi connectivity index (χ4v) is 3.58. The Bertz CT molecular complexity index is 802. The largest absolute Gasteiger partial charge is 0.455 e. The Labute approximate surface area is 186 Å². The molecule has 0 spiro atoms. The van der Waals surface area contributed by atoms with E-state index in [4.69, 9.17) is 4.42 Å². The molecule has 0 aliphatic rings. The lowest BCUT2D eigenvalue weighted by Gasteiger charge is -2.25. The van der Waals surface area contributed by atoms with Gasteiger partial charge in [0.1, 0.15) is 11.6 Å². The molecule has 1 N–H and O–H groups in total. The molecule has 1 atom stereocenters. The second-order valence-electron chi connectivity index (χ2n) is 8.40. The van der Waals surface area contributed by atoms with Crippen molar-refractivity contribution in [3.05, 3.63) is 59.3 Å². The number of carbonyl (C=O) groups is 1. The molecule has 6 heteroatoms. The van der Waals surface area contributed by atoms with Crippen LogP contribution < -0.4 is 5.32 Å². The van der Waals surface area contributed by atoms with Gasteiger partial charge in [0.2, 0.25) is 0 Å². The van der Waals surface area contributed by atoms with Crippen LogP contribution in [0.1, 0.15) is 69.3 Å². The van der Waals surface area contributed by atoms with E-state index in [1.54, 1.807) is 18.2 Å². The highest BCUT2D eigenvalue weighted by molar-refractivity contribution is 5.91. The van der Waals surface area contributed by atoms with E-state index in [0.717, 1.165) is 32.5 Å². The molecule has 0 saturated heterocycles. The van der Waals surface area contributed by atoms with Crippen molar-refractivity contribution in [3.63, 3.8) is 0 Å². The van der Waals surface area contributed by atoms with E-state index < -0.39 is 0 Å². The van der Waals surface area contributed by atoms with Gasteiger partial charge in [-0.25, -0.2) is 4.39 Å². The average molecular weight is 432 g/mol. The summed E-state index contributed by atoms with van der Waals surface area (Å²) in [4.78, 5) is 17.1. The fourth-order valence-electron chi connectivity index (χ4n) is 3.58. The first-order valence-electron chi connectivity index (χ1n) is 11.4. The van der Waals surface area contributed by atoms with E-state index in [0.29, 0.717) is 30.2 Å². The molecule has 0 aliphatic heterocycles. The Morgan fingerprint density at radius 3 is 2.42 bits per heavy atom. The summed E-state index contributed by atoms with van der Waals surface area (Å²) in [7, 11) is 0. The van der Waals surface area contributed by atoms with Gasteiger partial charge >= 0.3 is 0 Å². The van der Waals surface area contributed by atoms with Gasteiger partial charge in [0.15, 0.2) is 5.76 Å². The van der Waals surface area contributed by atoms with Gasteiger partial charge in [0.05, 0.1) is 6.54 Å². The molecule has 1 aromatic carbocycles. The number of nitrogens with one attached hydrogen (secondary N) is 1. The summed E-state index contributed by atoms with van der Waals surface area (Å²) < 4.78 is 19.9. The monoisotopic (exact) mass is 431 g/mol. The molecular formula is C25H38FN3O2. The number of nitrogens with zero attached hydrogens (tertiary/aromatic N) is 2. The molecule has 1 aromatic heterocycles. The van der Waals surface area contributed by atoms with Gasteiger partial charge in [-0.2, -0.15) is 0 Å². The van der Waals surface area contributed by atoms with Crippen LogP contribution >= 0.6 is 0 Å². The maximum absolute atomic E-state index is 14.1. The third-order valence-corrected chi connectivity index (χ3v) is 5.69. The summed E-state index contributed by atoms with van der Waals surface area (Å²) in [5.41, 5.74) is 0.652. The van der Waals surface area contributed by atoms with Crippen molar-refractivity contribution in [2.75, 3.05) is 19.6 Å². The van der Waals surface area contributed by atoms with Crippen molar-refractivity contribution in [2.45, 2.75) is 72.6 Å². The van der Waals surface area contributed by atoms with Gasteiger partial charge in [-0.15, -0.1) is 0 Å². The summed E-state index contributed by atoms with van der Waals surface area (Å²) in [5.74, 6) is 0.624. The first-order chi connectivity index (χ1) is 14.8. The van der Waals surface area contributed by atoms with E-state index in [-0.39, 0.29) is 23.8 Å². The molecule has 2 aromatic rings. The van der Waals surface area contributed by atoms with Crippen LogP contribution in [-0.4, -0.2) is 47.4 Å². The third-order valence-electron chi connectivity index (χ3n) is 5.69. The van der Waals surface area contributed by atoms with Gasteiger partial charge in [-0.1, -0.05) is 32.0 Å². The first-order valence-corrected chi connectivity index (χ1v) is 11.4. The molecule has 1 unspecified atom stereocenters. The van der Waals surface area contributed by atoms with Gasteiger partial charge in [0.25, 0.3) is 5.91 Å². The lowest BCUT2D eigenvalue weighted by Crippen LogP contribution is -2.33. The van der Waals surface area contributed by atoms with Crippen molar-refractivity contribution in [1.82, 2.24) is 15.1 Å². The Morgan fingerprint density at radius 1 is 1.06 bits per heavy atom. The van der Waals surface area contributed by atoms with Gasteiger partial charge in [-0.3, -0.25) is 9.69 Å².